The van der Waals surface area contributed by atoms with E-state index in [-0.39, 0.29) is 12.2 Å². The van der Waals surface area contributed by atoms with E-state index in [0.29, 0.717) is 23.4 Å². The maximum atomic E-state index is 13.5. The van der Waals surface area contributed by atoms with Crippen LogP contribution in [0.5, 0.6) is 0 Å². The molecule has 6 nitrogen and oxygen atoms in total. The van der Waals surface area contributed by atoms with Gasteiger partial charge in [-0.1, -0.05) is 26.5 Å². The van der Waals surface area contributed by atoms with Crippen LogP contribution in [0.4, 0.5) is 4.39 Å². The molecule has 0 aromatic heterocycles. The van der Waals surface area contributed by atoms with Crippen molar-refractivity contribution in [1.29, 1.82) is 5.26 Å². The molecule has 1 aliphatic rings. The summed E-state index contributed by atoms with van der Waals surface area (Å²) >= 11 is 0. The van der Waals surface area contributed by atoms with Crippen molar-refractivity contribution < 1.29 is 9.13 Å². The van der Waals surface area contributed by atoms with E-state index < -0.39 is 5.82 Å². The fraction of sp³-hybridized carbons (Fsp3) is 0.478. The van der Waals surface area contributed by atoms with Crippen molar-refractivity contribution in [2.75, 3.05) is 33.7 Å². The van der Waals surface area contributed by atoms with Crippen molar-refractivity contribution in [2.24, 2.45) is 10.9 Å². The summed E-state index contributed by atoms with van der Waals surface area (Å²) < 4.78 is 19.4. The highest BCUT2D eigenvalue weighted by molar-refractivity contribution is 5.88. The van der Waals surface area contributed by atoms with Gasteiger partial charge < -0.3 is 19.9 Å². The number of ether oxygens (including phenoxy) is 1. The SMILES string of the molecule is C=CN1CC(CC(C)C)N(CCNC)/C1=C/C(=NC)OCc1ccc(F)c(C#N)c1. The van der Waals surface area contributed by atoms with E-state index in [9.17, 15) is 4.39 Å². The van der Waals surface area contributed by atoms with E-state index in [1.165, 1.54) is 12.1 Å². The predicted octanol–water partition coefficient (Wildman–Crippen LogP) is 3.48. The van der Waals surface area contributed by atoms with E-state index in [1.54, 1.807) is 13.1 Å². The maximum absolute atomic E-state index is 13.5. The molecule has 1 aromatic carbocycles. The lowest BCUT2D eigenvalue weighted by atomic mass is 10.0. The van der Waals surface area contributed by atoms with Crippen LogP contribution in [0, 0.1) is 23.1 Å². The number of aliphatic imine (C=N–C) groups is 1. The molecule has 30 heavy (non-hydrogen) atoms. The number of nitrogens with one attached hydrogen (secondary N) is 1. The predicted molar refractivity (Wildman–Crippen MR) is 118 cm³/mol. The molecule has 7 heteroatoms. The summed E-state index contributed by atoms with van der Waals surface area (Å²) in [6, 6.07) is 6.63. The normalized spacial score (nSPS) is 18.2. The van der Waals surface area contributed by atoms with E-state index in [2.05, 4.69) is 40.5 Å². The first-order chi connectivity index (χ1) is 14.4. The van der Waals surface area contributed by atoms with Gasteiger partial charge in [0.15, 0.2) is 0 Å². The minimum absolute atomic E-state index is 0.00725. The highest BCUT2D eigenvalue weighted by atomic mass is 19.1. The highest BCUT2D eigenvalue weighted by Gasteiger charge is 2.33. The van der Waals surface area contributed by atoms with Crippen molar-refractivity contribution in [3.8, 4) is 6.07 Å². The summed E-state index contributed by atoms with van der Waals surface area (Å²) in [4.78, 5) is 8.77. The van der Waals surface area contributed by atoms with Crippen molar-refractivity contribution in [3.63, 3.8) is 0 Å². The molecule has 1 unspecified atom stereocenters. The largest absolute Gasteiger partial charge is 0.473 e. The quantitative estimate of drug-likeness (QED) is 0.496. The highest BCUT2D eigenvalue weighted by Crippen LogP contribution is 2.28. The topological polar surface area (TPSA) is 63.9 Å². The minimum Gasteiger partial charge on any atom is -0.473 e. The number of hydrogen-bond donors (Lipinski definition) is 1. The number of benzene rings is 1. The molecule has 1 aliphatic heterocycles. The molecule has 1 atom stereocenters. The Morgan fingerprint density at radius 1 is 1.50 bits per heavy atom. The van der Waals surface area contributed by atoms with Crippen LogP contribution in [-0.2, 0) is 11.3 Å². The molecule has 2 rings (SSSR count). The third-order valence-electron chi connectivity index (χ3n) is 5.01. The molecule has 0 saturated carbocycles. The molecule has 162 valence electrons. The smallest absolute Gasteiger partial charge is 0.212 e. The van der Waals surface area contributed by atoms with E-state index >= 15 is 0 Å². The molecule has 0 bridgehead atoms. The van der Waals surface area contributed by atoms with Gasteiger partial charge in [0.05, 0.1) is 5.56 Å². The molecule has 0 radical (unpaired) electrons. The van der Waals surface area contributed by atoms with Crippen molar-refractivity contribution in [1.82, 2.24) is 15.1 Å². The Hall–Kier alpha value is -2.85. The average molecular weight is 414 g/mol. The fourth-order valence-electron chi connectivity index (χ4n) is 3.57. The second-order valence-corrected chi connectivity index (χ2v) is 7.69. The van der Waals surface area contributed by atoms with E-state index in [4.69, 9.17) is 10.00 Å². The van der Waals surface area contributed by atoms with Gasteiger partial charge in [-0.05, 0) is 43.3 Å². The third kappa shape index (κ3) is 6.07. The molecule has 0 amide bonds. The summed E-state index contributed by atoms with van der Waals surface area (Å²) in [5, 5.41) is 12.2. The van der Waals surface area contributed by atoms with Gasteiger partial charge >= 0.3 is 0 Å². The number of likely N-dealkylation sites (N-methyl/N-ethyl adjacent to an activating group) is 1. The standard InChI is InChI=1S/C23H32FN5O/c1-6-28-15-20(11-17(2)3)29(10-9-26-4)23(28)13-22(27-5)30-16-18-7-8-21(24)19(12-18)14-25/h6-8,12-13,17,20,26H,1,9-11,15-16H2,2-5H3/b23-13+,27-22?. The zero-order valence-corrected chi connectivity index (χ0v) is 18.4. The van der Waals surface area contributed by atoms with Crippen LogP contribution in [0.1, 0.15) is 31.4 Å². The Morgan fingerprint density at radius 3 is 2.87 bits per heavy atom. The first kappa shape index (κ1) is 23.4. The first-order valence-electron chi connectivity index (χ1n) is 10.2. The van der Waals surface area contributed by atoms with Gasteiger partial charge in [-0.15, -0.1) is 0 Å². The lowest BCUT2D eigenvalue weighted by molar-refractivity contribution is 0.265. The van der Waals surface area contributed by atoms with Gasteiger partial charge in [0.1, 0.15) is 24.3 Å². The minimum atomic E-state index is -0.531. The molecule has 1 fully saturated rings. The average Bonchev–Trinajstić information content (AvgIpc) is 3.05. The maximum Gasteiger partial charge on any atom is 0.212 e. The number of hydrogen-bond acceptors (Lipinski definition) is 6. The Kier molecular flexibility index (Phi) is 8.88. The van der Waals surface area contributed by atoms with Crippen LogP contribution >= 0.6 is 0 Å². The number of rotatable bonds is 9. The zero-order chi connectivity index (χ0) is 22.1. The molecular weight excluding hydrogens is 381 g/mol. The summed E-state index contributed by atoms with van der Waals surface area (Å²) in [6.45, 7) is 11.2. The lowest BCUT2D eigenvalue weighted by Crippen LogP contribution is -2.36. The van der Waals surface area contributed by atoms with Gasteiger partial charge in [-0.2, -0.15) is 5.26 Å². The second-order valence-electron chi connectivity index (χ2n) is 7.69. The van der Waals surface area contributed by atoms with Gasteiger partial charge in [-0.3, -0.25) is 4.99 Å². The number of nitriles is 1. The zero-order valence-electron chi connectivity index (χ0n) is 18.4. The summed E-state index contributed by atoms with van der Waals surface area (Å²) in [6.07, 6.45) is 4.84. The number of nitrogens with zero attached hydrogens (tertiary/aromatic N) is 4. The van der Waals surface area contributed by atoms with Gasteiger partial charge in [0.2, 0.25) is 5.90 Å². The van der Waals surface area contributed by atoms with Crippen molar-refractivity contribution in [2.45, 2.75) is 32.9 Å². The molecule has 0 aliphatic carbocycles. The van der Waals surface area contributed by atoms with Crippen LogP contribution in [0.2, 0.25) is 0 Å². The van der Waals surface area contributed by atoms with Crippen molar-refractivity contribution >= 4 is 5.90 Å². The van der Waals surface area contributed by atoms with Gasteiger partial charge in [0.25, 0.3) is 0 Å². The van der Waals surface area contributed by atoms with Crippen molar-refractivity contribution in [3.05, 3.63) is 59.8 Å². The number of halogens is 1. The first-order valence-corrected chi connectivity index (χ1v) is 10.2. The second kappa shape index (κ2) is 11.4. The molecule has 1 heterocycles. The summed E-state index contributed by atoms with van der Waals surface area (Å²) in [5.74, 6) is 1.53. The Balaban J connectivity index is 2.21. The van der Waals surface area contributed by atoms with E-state index in [0.717, 1.165) is 31.9 Å². The van der Waals surface area contributed by atoms with Gasteiger partial charge in [0, 0.05) is 38.8 Å². The van der Waals surface area contributed by atoms with Crippen LogP contribution in [0.25, 0.3) is 0 Å². The van der Waals surface area contributed by atoms with E-state index in [1.807, 2.05) is 25.4 Å². The molecule has 1 N–H and O–H groups in total. The summed E-state index contributed by atoms with van der Waals surface area (Å²) in [5.41, 5.74) is 0.719. The van der Waals surface area contributed by atoms with Crippen LogP contribution < -0.4 is 5.32 Å². The molecule has 1 saturated heterocycles. The lowest BCUT2D eigenvalue weighted by Gasteiger charge is -2.28. The molecular formula is C23H32FN5O. The van der Waals surface area contributed by atoms with Crippen LogP contribution in [0.3, 0.4) is 0 Å². The Bertz CT molecular complexity index is 827. The van der Waals surface area contributed by atoms with Crippen LogP contribution in [0.15, 0.2) is 47.9 Å². The Morgan fingerprint density at radius 2 is 2.27 bits per heavy atom. The molecule has 1 aromatic rings. The van der Waals surface area contributed by atoms with Crippen LogP contribution in [-0.4, -0.2) is 55.5 Å². The third-order valence-corrected chi connectivity index (χ3v) is 5.01. The van der Waals surface area contributed by atoms with Gasteiger partial charge in [-0.25, -0.2) is 4.39 Å². The fourth-order valence-corrected chi connectivity index (χ4v) is 3.57. The summed E-state index contributed by atoms with van der Waals surface area (Å²) in [7, 11) is 3.62. The molecule has 0 spiro atoms. The monoisotopic (exact) mass is 413 g/mol. The Labute approximate surface area is 179 Å².